The first-order chi connectivity index (χ1) is 15.4. The lowest BCUT2D eigenvalue weighted by molar-refractivity contribution is -0.384. The molecule has 0 bridgehead atoms. The van der Waals surface area contributed by atoms with Crippen molar-refractivity contribution in [2.24, 2.45) is 0 Å². The van der Waals surface area contributed by atoms with Crippen LogP contribution in [0.5, 0.6) is 0 Å². The third-order valence-corrected chi connectivity index (χ3v) is 6.10. The van der Waals surface area contributed by atoms with Gasteiger partial charge in [0, 0.05) is 24.4 Å². The van der Waals surface area contributed by atoms with E-state index in [1.807, 2.05) is 38.1 Å². The number of aryl methyl sites for hydroxylation is 2. The van der Waals surface area contributed by atoms with Gasteiger partial charge in [0.25, 0.3) is 11.6 Å². The first-order valence-corrected chi connectivity index (χ1v) is 10.7. The fourth-order valence-electron chi connectivity index (χ4n) is 3.34. The molecule has 0 spiro atoms. The van der Waals surface area contributed by atoms with Gasteiger partial charge in [-0.25, -0.2) is 4.98 Å². The van der Waals surface area contributed by atoms with Gasteiger partial charge in [-0.1, -0.05) is 23.5 Å². The fourth-order valence-corrected chi connectivity index (χ4v) is 4.36. The van der Waals surface area contributed by atoms with E-state index in [1.54, 1.807) is 29.3 Å². The number of amides is 1. The van der Waals surface area contributed by atoms with Crippen molar-refractivity contribution in [3.63, 3.8) is 0 Å². The molecule has 4 aromatic rings. The molecule has 0 radical (unpaired) electrons. The number of hydrogen-bond acceptors (Lipinski definition) is 6. The summed E-state index contributed by atoms with van der Waals surface area (Å²) in [6.07, 6.45) is 4.78. The number of anilines is 1. The zero-order chi connectivity index (χ0) is 22.7. The molecule has 0 saturated heterocycles. The van der Waals surface area contributed by atoms with E-state index in [0.29, 0.717) is 10.7 Å². The molecule has 2 heterocycles. The van der Waals surface area contributed by atoms with Crippen LogP contribution in [0.4, 0.5) is 10.8 Å². The lowest BCUT2D eigenvalue weighted by Crippen LogP contribution is -2.29. The van der Waals surface area contributed by atoms with Crippen LogP contribution in [0.25, 0.3) is 16.3 Å². The number of carbonyl (C=O) groups is 1. The Kier molecular flexibility index (Phi) is 6.04. The summed E-state index contributed by atoms with van der Waals surface area (Å²) in [6, 6.07) is 15.7. The van der Waals surface area contributed by atoms with E-state index in [1.165, 1.54) is 29.5 Å². The number of nitrogens with zero attached hydrogens (tertiary/aromatic N) is 4. The number of fused-ring (bicyclic) bond motifs is 1. The summed E-state index contributed by atoms with van der Waals surface area (Å²) in [5, 5.41) is 11.4. The Hall–Kier alpha value is -3.91. The first kappa shape index (κ1) is 21.3. The number of nitro groups is 1. The largest absolute Gasteiger partial charge is 0.278 e. The Morgan fingerprint density at radius 2 is 1.94 bits per heavy atom. The summed E-state index contributed by atoms with van der Waals surface area (Å²) in [5.41, 5.74) is 4.54. The maximum absolute atomic E-state index is 13.2. The average molecular weight is 445 g/mol. The van der Waals surface area contributed by atoms with E-state index >= 15 is 0 Å². The smallest absolute Gasteiger partial charge is 0.269 e. The zero-order valence-electron chi connectivity index (χ0n) is 17.6. The molecule has 4 rings (SSSR count). The number of pyridine rings is 1. The Morgan fingerprint density at radius 3 is 2.62 bits per heavy atom. The second-order valence-corrected chi connectivity index (χ2v) is 8.33. The molecule has 7 nitrogen and oxygen atoms in total. The van der Waals surface area contributed by atoms with Crippen molar-refractivity contribution < 1.29 is 9.72 Å². The van der Waals surface area contributed by atoms with E-state index in [9.17, 15) is 14.9 Å². The molecule has 0 atom stereocenters. The molecule has 160 valence electrons. The topological polar surface area (TPSA) is 89.2 Å². The molecule has 0 aliphatic rings. The van der Waals surface area contributed by atoms with E-state index in [4.69, 9.17) is 4.98 Å². The summed E-state index contributed by atoms with van der Waals surface area (Å²) >= 11 is 1.47. The molecule has 2 aromatic carbocycles. The van der Waals surface area contributed by atoms with Crippen LogP contribution in [0, 0.1) is 24.0 Å². The molecule has 0 aliphatic carbocycles. The van der Waals surface area contributed by atoms with Gasteiger partial charge in [-0.05, 0) is 66.9 Å². The molecule has 0 N–H and O–H groups in total. The SMILES string of the molecule is Cc1cc(C)c2sc(N(Cc3ccccn3)C(=O)/C=C/c3ccc([N+](=O)[O-])cc3)nc2c1. The first-order valence-electron chi connectivity index (χ1n) is 9.92. The third-order valence-electron chi connectivity index (χ3n) is 4.87. The molecular weight excluding hydrogens is 424 g/mol. The summed E-state index contributed by atoms with van der Waals surface area (Å²) in [6.45, 7) is 4.34. The normalized spacial score (nSPS) is 11.2. The minimum Gasteiger partial charge on any atom is -0.278 e. The molecule has 8 heteroatoms. The quantitative estimate of drug-likeness (QED) is 0.224. The van der Waals surface area contributed by atoms with Gasteiger partial charge >= 0.3 is 0 Å². The van der Waals surface area contributed by atoms with Crippen molar-refractivity contribution >= 4 is 44.4 Å². The van der Waals surface area contributed by atoms with E-state index < -0.39 is 4.92 Å². The molecular formula is C24H20N4O3S. The van der Waals surface area contributed by atoms with Crippen LogP contribution < -0.4 is 4.90 Å². The van der Waals surface area contributed by atoms with Gasteiger partial charge in [-0.3, -0.25) is 24.8 Å². The molecule has 0 unspecified atom stereocenters. The highest BCUT2D eigenvalue weighted by atomic mass is 32.1. The lowest BCUT2D eigenvalue weighted by Gasteiger charge is -2.17. The van der Waals surface area contributed by atoms with Gasteiger partial charge < -0.3 is 0 Å². The molecule has 32 heavy (non-hydrogen) atoms. The highest BCUT2D eigenvalue weighted by molar-refractivity contribution is 7.22. The van der Waals surface area contributed by atoms with Crippen LogP contribution >= 0.6 is 11.3 Å². The third kappa shape index (κ3) is 4.70. The number of non-ortho nitro benzene ring substituents is 1. The van der Waals surface area contributed by atoms with Crippen LogP contribution in [0.1, 0.15) is 22.4 Å². The van der Waals surface area contributed by atoms with Gasteiger partial charge in [0.05, 0.1) is 27.4 Å². The predicted molar refractivity (Wildman–Crippen MR) is 127 cm³/mol. The van der Waals surface area contributed by atoms with Gasteiger partial charge in [0.1, 0.15) is 0 Å². The number of carbonyl (C=O) groups excluding carboxylic acids is 1. The molecule has 0 saturated carbocycles. The molecule has 0 aliphatic heterocycles. The minimum atomic E-state index is -0.454. The predicted octanol–water partition coefficient (Wildman–Crippen LogP) is 5.46. The number of aromatic nitrogens is 2. The van der Waals surface area contributed by atoms with Crippen molar-refractivity contribution in [2.45, 2.75) is 20.4 Å². The minimum absolute atomic E-state index is 0.00499. The number of hydrogen-bond donors (Lipinski definition) is 0. The van der Waals surface area contributed by atoms with Crippen molar-refractivity contribution in [2.75, 3.05) is 4.90 Å². The summed E-state index contributed by atoms with van der Waals surface area (Å²) in [4.78, 5) is 34.3. The number of thiazole rings is 1. The Bertz CT molecular complexity index is 1310. The van der Waals surface area contributed by atoms with Crippen LogP contribution in [0.15, 0.2) is 66.9 Å². The van der Waals surface area contributed by atoms with E-state index in [-0.39, 0.29) is 18.1 Å². The second-order valence-electron chi connectivity index (χ2n) is 7.35. The Balaban J connectivity index is 1.66. The van der Waals surface area contributed by atoms with Crippen LogP contribution in [-0.4, -0.2) is 20.8 Å². The van der Waals surface area contributed by atoms with Crippen molar-refractivity contribution in [1.29, 1.82) is 0 Å². The Labute approximate surface area is 188 Å². The average Bonchev–Trinajstić information content (AvgIpc) is 3.21. The van der Waals surface area contributed by atoms with Gasteiger partial charge in [-0.2, -0.15) is 0 Å². The maximum atomic E-state index is 13.2. The summed E-state index contributed by atoms with van der Waals surface area (Å²) in [7, 11) is 0. The Morgan fingerprint density at radius 1 is 1.16 bits per heavy atom. The van der Waals surface area contributed by atoms with Crippen molar-refractivity contribution in [3.05, 3.63) is 99.4 Å². The maximum Gasteiger partial charge on any atom is 0.269 e. The van der Waals surface area contributed by atoms with Gasteiger partial charge in [0.15, 0.2) is 5.13 Å². The molecule has 1 amide bonds. The fraction of sp³-hybridized carbons (Fsp3) is 0.125. The standard InChI is InChI=1S/C24H20N4O3S/c1-16-13-17(2)23-21(14-16)26-24(32-23)27(15-19-5-3-4-12-25-19)22(29)11-8-18-6-9-20(10-7-18)28(30)31/h3-14H,15H2,1-2H3/b11-8+. The zero-order valence-corrected chi connectivity index (χ0v) is 18.4. The van der Waals surface area contributed by atoms with Crippen LogP contribution in [-0.2, 0) is 11.3 Å². The van der Waals surface area contributed by atoms with Crippen molar-refractivity contribution in [1.82, 2.24) is 9.97 Å². The molecule has 0 fully saturated rings. The van der Waals surface area contributed by atoms with Crippen LogP contribution in [0.3, 0.4) is 0 Å². The summed E-state index contributed by atoms with van der Waals surface area (Å²) in [5.74, 6) is -0.248. The van der Waals surface area contributed by atoms with Gasteiger partial charge in [-0.15, -0.1) is 0 Å². The van der Waals surface area contributed by atoms with Crippen LogP contribution in [0.2, 0.25) is 0 Å². The van der Waals surface area contributed by atoms with Crippen molar-refractivity contribution in [3.8, 4) is 0 Å². The van der Waals surface area contributed by atoms with E-state index in [2.05, 4.69) is 11.1 Å². The monoisotopic (exact) mass is 444 g/mol. The number of nitro benzene ring substituents is 1. The summed E-state index contributed by atoms with van der Waals surface area (Å²) < 4.78 is 1.05. The molecule has 2 aromatic heterocycles. The van der Waals surface area contributed by atoms with Gasteiger partial charge in [0.2, 0.25) is 0 Å². The lowest BCUT2D eigenvalue weighted by atomic mass is 10.1. The highest BCUT2D eigenvalue weighted by Crippen LogP contribution is 2.33. The number of benzene rings is 2. The number of rotatable bonds is 6. The second kappa shape index (κ2) is 9.07. The van der Waals surface area contributed by atoms with E-state index in [0.717, 1.165) is 27.0 Å². The highest BCUT2D eigenvalue weighted by Gasteiger charge is 2.20.